The van der Waals surface area contributed by atoms with Gasteiger partial charge in [-0.15, -0.1) is 10.2 Å². The number of nitrogens with zero attached hydrogens (tertiary/aromatic N) is 3. The molecule has 0 radical (unpaired) electrons. The summed E-state index contributed by atoms with van der Waals surface area (Å²) in [5, 5.41) is 19.4. The largest absolute Gasteiger partial charge is 0.388 e. The van der Waals surface area contributed by atoms with Gasteiger partial charge in [0.15, 0.2) is 5.16 Å². The fourth-order valence-electron chi connectivity index (χ4n) is 2.38. The lowest BCUT2D eigenvalue weighted by atomic mass is 10.1. The smallest absolute Gasteiger partial charge is 0.217 e. The van der Waals surface area contributed by atoms with Crippen LogP contribution in [0.5, 0.6) is 0 Å². The van der Waals surface area contributed by atoms with Gasteiger partial charge in [0.1, 0.15) is 5.82 Å². The number of thiazole rings is 1. The van der Waals surface area contributed by atoms with Crippen LogP contribution in [0.3, 0.4) is 0 Å². The van der Waals surface area contributed by atoms with Gasteiger partial charge >= 0.3 is 0 Å². The van der Waals surface area contributed by atoms with E-state index in [9.17, 15) is 9.50 Å². The minimum absolute atomic E-state index is 0.308. The number of aromatic nitrogens is 3. The molecule has 0 aliphatic rings. The summed E-state index contributed by atoms with van der Waals surface area (Å²) in [5.74, 6) is 0.119. The second-order valence-electron chi connectivity index (χ2n) is 5.05. The first kappa shape index (κ1) is 14.6. The van der Waals surface area contributed by atoms with Gasteiger partial charge in [-0.25, -0.2) is 4.39 Å². The van der Waals surface area contributed by atoms with Crippen molar-refractivity contribution in [1.29, 1.82) is 0 Å². The summed E-state index contributed by atoms with van der Waals surface area (Å²) < 4.78 is 16.1. The quantitative estimate of drug-likeness (QED) is 0.570. The molecule has 0 saturated heterocycles. The molecule has 0 aliphatic carbocycles. The SMILES string of the molecule is OC(CSc1nnc2sc3ccccc3n12)c1ccc(F)cc1. The Kier molecular flexibility index (Phi) is 3.76. The van der Waals surface area contributed by atoms with Gasteiger partial charge < -0.3 is 5.11 Å². The first-order chi connectivity index (χ1) is 11.2. The maximum atomic E-state index is 12.9. The van der Waals surface area contributed by atoms with Crippen molar-refractivity contribution in [2.24, 2.45) is 0 Å². The Bertz CT molecular complexity index is 964. The first-order valence-corrected chi connectivity index (χ1v) is 8.81. The number of hydrogen-bond acceptors (Lipinski definition) is 5. The highest BCUT2D eigenvalue weighted by Crippen LogP contribution is 2.31. The van der Waals surface area contributed by atoms with Gasteiger partial charge in [0.2, 0.25) is 4.96 Å². The molecule has 2 heterocycles. The molecule has 2 aromatic carbocycles. The van der Waals surface area contributed by atoms with Gasteiger partial charge in [-0.2, -0.15) is 0 Å². The van der Waals surface area contributed by atoms with E-state index >= 15 is 0 Å². The van der Waals surface area contributed by atoms with E-state index in [0.717, 1.165) is 20.3 Å². The number of aliphatic hydroxyl groups is 1. The number of para-hydroxylation sites is 1. The van der Waals surface area contributed by atoms with Crippen molar-refractivity contribution in [2.75, 3.05) is 5.75 Å². The Morgan fingerprint density at radius 1 is 1.13 bits per heavy atom. The molecule has 0 fully saturated rings. The molecule has 0 bridgehead atoms. The summed E-state index contributed by atoms with van der Waals surface area (Å²) >= 11 is 3.02. The summed E-state index contributed by atoms with van der Waals surface area (Å²) in [6.45, 7) is 0. The highest BCUT2D eigenvalue weighted by molar-refractivity contribution is 7.99. The van der Waals surface area contributed by atoms with E-state index in [1.54, 1.807) is 23.5 Å². The third kappa shape index (κ3) is 2.71. The Morgan fingerprint density at radius 3 is 2.74 bits per heavy atom. The van der Waals surface area contributed by atoms with Crippen molar-refractivity contribution in [3.05, 3.63) is 59.9 Å². The van der Waals surface area contributed by atoms with Crippen molar-refractivity contribution >= 4 is 38.3 Å². The van der Waals surface area contributed by atoms with Crippen LogP contribution in [0, 0.1) is 5.82 Å². The van der Waals surface area contributed by atoms with Crippen molar-refractivity contribution in [3.8, 4) is 0 Å². The molecule has 0 aliphatic heterocycles. The summed E-state index contributed by atoms with van der Waals surface area (Å²) in [7, 11) is 0. The average molecular weight is 345 g/mol. The fourth-order valence-corrected chi connectivity index (χ4v) is 4.32. The van der Waals surface area contributed by atoms with Crippen molar-refractivity contribution < 1.29 is 9.50 Å². The first-order valence-electron chi connectivity index (χ1n) is 7.01. The molecule has 0 amide bonds. The van der Waals surface area contributed by atoms with Gasteiger partial charge in [0.05, 0.1) is 16.3 Å². The molecule has 7 heteroatoms. The van der Waals surface area contributed by atoms with Crippen molar-refractivity contribution in [2.45, 2.75) is 11.3 Å². The average Bonchev–Trinajstić information content (AvgIpc) is 3.12. The van der Waals surface area contributed by atoms with Crippen LogP contribution in [0.4, 0.5) is 4.39 Å². The van der Waals surface area contributed by atoms with Crippen molar-refractivity contribution in [3.63, 3.8) is 0 Å². The molecule has 0 saturated carbocycles. The van der Waals surface area contributed by atoms with Gasteiger partial charge in [0, 0.05) is 5.75 Å². The standard InChI is InChI=1S/C16H12FN3OS2/c17-11-7-5-10(6-8-11)13(21)9-22-15-18-19-16-20(15)12-3-1-2-4-14(12)23-16/h1-8,13,21H,9H2. The minimum atomic E-state index is -0.683. The van der Waals surface area contributed by atoms with Gasteiger partial charge in [-0.3, -0.25) is 4.40 Å². The van der Waals surface area contributed by atoms with Crippen LogP contribution in [0.1, 0.15) is 11.7 Å². The summed E-state index contributed by atoms with van der Waals surface area (Å²) in [6, 6.07) is 14.0. The molecular weight excluding hydrogens is 333 g/mol. The Labute approximate surface area is 139 Å². The highest BCUT2D eigenvalue weighted by Gasteiger charge is 2.15. The monoisotopic (exact) mass is 345 g/mol. The molecule has 1 unspecified atom stereocenters. The third-order valence-corrected chi connectivity index (χ3v) is 5.55. The van der Waals surface area contributed by atoms with Crippen LogP contribution in [0.25, 0.3) is 15.2 Å². The highest BCUT2D eigenvalue weighted by atomic mass is 32.2. The van der Waals surface area contributed by atoms with Crippen LogP contribution >= 0.6 is 23.1 Å². The number of hydrogen-bond donors (Lipinski definition) is 1. The fraction of sp³-hybridized carbons (Fsp3) is 0.125. The molecule has 23 heavy (non-hydrogen) atoms. The van der Waals surface area contributed by atoms with Crippen LogP contribution < -0.4 is 0 Å². The van der Waals surface area contributed by atoms with E-state index in [-0.39, 0.29) is 5.82 Å². The maximum absolute atomic E-state index is 12.9. The molecule has 2 aromatic heterocycles. The molecule has 1 atom stereocenters. The summed E-state index contributed by atoms with van der Waals surface area (Å²) in [4.78, 5) is 0.838. The molecule has 4 rings (SSSR count). The van der Waals surface area contributed by atoms with Gasteiger partial charge in [-0.05, 0) is 29.8 Å². The second-order valence-corrected chi connectivity index (χ2v) is 7.04. The third-order valence-electron chi connectivity index (χ3n) is 3.54. The summed E-state index contributed by atoms with van der Waals surface area (Å²) in [6.07, 6.45) is -0.683. The number of benzene rings is 2. The molecule has 116 valence electrons. The number of halogens is 1. The van der Waals surface area contributed by atoms with Crippen LogP contribution in [-0.4, -0.2) is 25.5 Å². The van der Waals surface area contributed by atoms with E-state index in [0.29, 0.717) is 11.3 Å². The van der Waals surface area contributed by atoms with E-state index in [1.807, 2.05) is 22.6 Å². The molecule has 1 N–H and O–H groups in total. The van der Waals surface area contributed by atoms with Crippen molar-refractivity contribution in [1.82, 2.24) is 14.6 Å². The summed E-state index contributed by atoms with van der Waals surface area (Å²) in [5.41, 5.74) is 1.76. The Hall–Kier alpha value is -1.96. The van der Waals surface area contributed by atoms with Crippen LogP contribution in [0.2, 0.25) is 0 Å². The van der Waals surface area contributed by atoms with E-state index in [2.05, 4.69) is 16.3 Å². The number of fused-ring (bicyclic) bond motifs is 3. The zero-order valence-electron chi connectivity index (χ0n) is 11.9. The van der Waals surface area contributed by atoms with Gasteiger partial charge in [0.25, 0.3) is 0 Å². The molecule has 0 spiro atoms. The van der Waals surface area contributed by atoms with E-state index in [1.165, 1.54) is 23.9 Å². The Morgan fingerprint density at radius 2 is 1.91 bits per heavy atom. The molecular formula is C16H12FN3OS2. The van der Waals surface area contributed by atoms with E-state index < -0.39 is 6.10 Å². The number of thioether (sulfide) groups is 1. The topological polar surface area (TPSA) is 50.4 Å². The second kappa shape index (κ2) is 5.92. The minimum Gasteiger partial charge on any atom is -0.388 e. The predicted octanol–water partition coefficient (Wildman–Crippen LogP) is 3.91. The predicted molar refractivity (Wildman–Crippen MR) is 90.5 cm³/mol. The normalized spacial score (nSPS) is 13.0. The lowest BCUT2D eigenvalue weighted by Gasteiger charge is -2.09. The zero-order chi connectivity index (χ0) is 15.8. The molecule has 4 nitrogen and oxygen atoms in total. The lowest BCUT2D eigenvalue weighted by molar-refractivity contribution is 0.204. The van der Waals surface area contributed by atoms with Gasteiger partial charge in [-0.1, -0.05) is 47.4 Å². The lowest BCUT2D eigenvalue weighted by Crippen LogP contribution is -2.01. The van der Waals surface area contributed by atoms with Crippen LogP contribution in [0.15, 0.2) is 53.7 Å². The maximum Gasteiger partial charge on any atom is 0.217 e. The number of rotatable bonds is 4. The molecule has 4 aromatic rings. The Balaban J connectivity index is 1.59. The van der Waals surface area contributed by atoms with E-state index in [4.69, 9.17) is 0 Å². The zero-order valence-corrected chi connectivity index (χ0v) is 13.5. The van der Waals surface area contributed by atoms with Crippen LogP contribution in [-0.2, 0) is 0 Å². The number of aliphatic hydroxyl groups excluding tert-OH is 1.